The standard InChI is InChI=1S/2C3H6O2.FH.Na/c2*1-2-3(4)5;;/h2*2H2,1H3,(H,4,5);1H;/q;;;+1/p-1. The molecule has 6 heteroatoms. The number of halogens is 1. The fraction of sp³-hybridized carbons (Fsp3) is 0.667. The van der Waals surface area contributed by atoms with Crippen LogP contribution in [0, 0.1) is 0 Å². The number of rotatable bonds is 2. The third-order valence-corrected chi connectivity index (χ3v) is 0.605. The molecule has 0 atom stereocenters. The molecule has 0 spiro atoms. The number of carboxylic acid groups (broad SMARTS) is 2. The summed E-state index contributed by atoms with van der Waals surface area (Å²) in [7, 11) is 0. The predicted molar refractivity (Wildman–Crippen MR) is 35.9 cm³/mol. The molecule has 0 aliphatic rings. The Kier molecular flexibility index (Phi) is 32.3. The van der Waals surface area contributed by atoms with E-state index in [0.29, 0.717) is 0 Å². The average molecular weight is 190 g/mol. The number of carbonyl (C=O) groups is 2. The van der Waals surface area contributed by atoms with E-state index in [2.05, 4.69) is 0 Å². The number of aliphatic carboxylic acids is 2. The van der Waals surface area contributed by atoms with Crippen LogP contribution in [0.2, 0.25) is 0 Å². The number of carboxylic acids is 2. The molecule has 0 radical (unpaired) electrons. The third kappa shape index (κ3) is 51.8. The van der Waals surface area contributed by atoms with E-state index in [4.69, 9.17) is 10.2 Å². The first-order valence-corrected chi connectivity index (χ1v) is 2.98. The van der Waals surface area contributed by atoms with Crippen LogP contribution >= 0.6 is 0 Å². The Morgan fingerprint density at radius 1 is 1.00 bits per heavy atom. The average Bonchev–Trinajstić information content (AvgIpc) is 1.89. The van der Waals surface area contributed by atoms with Crippen molar-refractivity contribution in [2.45, 2.75) is 26.7 Å². The van der Waals surface area contributed by atoms with Crippen LogP contribution in [-0.4, -0.2) is 22.2 Å². The zero-order valence-corrected chi connectivity index (χ0v) is 9.50. The van der Waals surface area contributed by atoms with Crippen LogP contribution in [0.4, 0.5) is 0 Å². The fourth-order valence-corrected chi connectivity index (χ4v) is 0. The van der Waals surface area contributed by atoms with E-state index in [0.717, 1.165) is 0 Å². The van der Waals surface area contributed by atoms with Crippen LogP contribution < -0.4 is 34.3 Å². The molecule has 0 amide bonds. The monoisotopic (exact) mass is 190 g/mol. The van der Waals surface area contributed by atoms with Crippen molar-refractivity contribution in [3.05, 3.63) is 0 Å². The summed E-state index contributed by atoms with van der Waals surface area (Å²) < 4.78 is 0. The second kappa shape index (κ2) is 17.1. The van der Waals surface area contributed by atoms with Gasteiger partial charge in [-0.1, -0.05) is 13.8 Å². The largest absolute Gasteiger partial charge is 1.00 e. The molecule has 0 saturated carbocycles. The summed E-state index contributed by atoms with van der Waals surface area (Å²) >= 11 is 0. The molecule has 0 aliphatic heterocycles. The minimum absolute atomic E-state index is 0. The summed E-state index contributed by atoms with van der Waals surface area (Å²) in [5, 5.41) is 15.4. The van der Waals surface area contributed by atoms with Gasteiger partial charge >= 0.3 is 41.5 Å². The summed E-state index contributed by atoms with van der Waals surface area (Å²) in [6.07, 6.45) is 0.444. The Labute approximate surface area is 92.6 Å². The van der Waals surface area contributed by atoms with Gasteiger partial charge in [0.05, 0.1) is 0 Å². The van der Waals surface area contributed by atoms with Crippen molar-refractivity contribution in [1.29, 1.82) is 0 Å². The van der Waals surface area contributed by atoms with Gasteiger partial charge in [-0.15, -0.1) is 0 Å². The molecule has 0 aromatic carbocycles. The van der Waals surface area contributed by atoms with Crippen LogP contribution in [0.5, 0.6) is 0 Å². The Balaban J connectivity index is -0.0000000457. The molecule has 4 nitrogen and oxygen atoms in total. The summed E-state index contributed by atoms with van der Waals surface area (Å²) in [5.41, 5.74) is 0. The molecule has 2 N–H and O–H groups in total. The van der Waals surface area contributed by atoms with Crippen LogP contribution in [0.1, 0.15) is 26.7 Å². The molecule has 0 fully saturated rings. The van der Waals surface area contributed by atoms with Crippen molar-refractivity contribution < 1.29 is 54.1 Å². The second-order valence-electron chi connectivity index (χ2n) is 1.49. The smallest absolute Gasteiger partial charge is 1.00 e. The van der Waals surface area contributed by atoms with Gasteiger partial charge in [0.15, 0.2) is 0 Å². The van der Waals surface area contributed by atoms with Crippen molar-refractivity contribution in [3.63, 3.8) is 0 Å². The maximum absolute atomic E-state index is 9.37. The van der Waals surface area contributed by atoms with E-state index in [-0.39, 0.29) is 47.1 Å². The summed E-state index contributed by atoms with van der Waals surface area (Å²) in [6, 6.07) is 0. The molecule has 0 saturated heterocycles. The zero-order valence-electron chi connectivity index (χ0n) is 7.50. The normalized spacial score (nSPS) is 6.17. The van der Waals surface area contributed by atoms with Gasteiger partial charge in [-0.2, -0.15) is 0 Å². The molecule has 0 rings (SSSR count). The van der Waals surface area contributed by atoms with Crippen molar-refractivity contribution >= 4 is 11.9 Å². The third-order valence-electron chi connectivity index (χ3n) is 0.605. The minimum Gasteiger partial charge on any atom is -1.00 e. The van der Waals surface area contributed by atoms with E-state index >= 15 is 0 Å². The topological polar surface area (TPSA) is 74.6 Å². The Hall–Kier alpha value is -0.130. The maximum atomic E-state index is 9.37. The Morgan fingerprint density at radius 3 is 1.08 bits per heavy atom. The molecular formula is C6H12FNaO4. The second-order valence-corrected chi connectivity index (χ2v) is 1.49. The van der Waals surface area contributed by atoms with Gasteiger partial charge in [-0.3, -0.25) is 9.59 Å². The molecule has 0 bridgehead atoms. The van der Waals surface area contributed by atoms with E-state index in [9.17, 15) is 9.59 Å². The molecule has 12 heavy (non-hydrogen) atoms. The summed E-state index contributed by atoms with van der Waals surface area (Å²) in [6.45, 7) is 3.20. The zero-order chi connectivity index (χ0) is 8.57. The summed E-state index contributed by atoms with van der Waals surface area (Å²) in [4.78, 5) is 18.7. The minimum atomic E-state index is -0.745. The van der Waals surface area contributed by atoms with Gasteiger partial charge in [-0.05, 0) is 0 Å². The van der Waals surface area contributed by atoms with Crippen LogP contribution in [0.25, 0.3) is 0 Å². The summed E-state index contributed by atoms with van der Waals surface area (Å²) in [5.74, 6) is -1.49. The molecule has 0 heterocycles. The van der Waals surface area contributed by atoms with Gasteiger partial charge in [0.25, 0.3) is 0 Å². The maximum Gasteiger partial charge on any atom is 1.00 e. The van der Waals surface area contributed by atoms with Crippen molar-refractivity contribution in [2.24, 2.45) is 0 Å². The quantitative estimate of drug-likeness (QED) is 0.427. The van der Waals surface area contributed by atoms with E-state index in [1.54, 1.807) is 13.8 Å². The van der Waals surface area contributed by atoms with Gasteiger partial charge in [0, 0.05) is 12.8 Å². The van der Waals surface area contributed by atoms with Crippen molar-refractivity contribution in [2.75, 3.05) is 0 Å². The molecule has 0 aromatic rings. The predicted octanol–water partition coefficient (Wildman–Crippen LogP) is -5.03. The van der Waals surface area contributed by atoms with Gasteiger partial charge in [0.2, 0.25) is 0 Å². The Morgan fingerprint density at radius 2 is 1.08 bits per heavy atom. The van der Waals surface area contributed by atoms with Crippen LogP contribution in [0.3, 0.4) is 0 Å². The first-order chi connectivity index (χ1) is 4.54. The SMILES string of the molecule is CCC(=O)O.CCC(=O)O.[F-].[Na+]. The van der Waals surface area contributed by atoms with Crippen LogP contribution in [-0.2, 0) is 9.59 Å². The van der Waals surface area contributed by atoms with Crippen molar-refractivity contribution in [3.8, 4) is 0 Å². The van der Waals surface area contributed by atoms with Gasteiger partial charge in [0.1, 0.15) is 0 Å². The first kappa shape index (κ1) is 22.6. The molecule has 0 aliphatic carbocycles. The molecule has 0 aromatic heterocycles. The van der Waals surface area contributed by atoms with E-state index in [1.807, 2.05) is 0 Å². The van der Waals surface area contributed by atoms with Crippen molar-refractivity contribution in [1.82, 2.24) is 0 Å². The molecule has 0 unspecified atom stereocenters. The van der Waals surface area contributed by atoms with Crippen LogP contribution in [0.15, 0.2) is 0 Å². The first-order valence-electron chi connectivity index (χ1n) is 2.98. The number of hydrogen-bond donors (Lipinski definition) is 2. The fourth-order valence-electron chi connectivity index (χ4n) is 0. The van der Waals surface area contributed by atoms with Gasteiger partial charge in [-0.25, -0.2) is 0 Å². The van der Waals surface area contributed by atoms with E-state index in [1.165, 1.54) is 0 Å². The molecular weight excluding hydrogens is 178 g/mol. The van der Waals surface area contributed by atoms with Gasteiger partial charge < -0.3 is 14.9 Å². The Bertz CT molecular complexity index is 104. The molecule has 68 valence electrons. The number of hydrogen-bond acceptors (Lipinski definition) is 2. The van der Waals surface area contributed by atoms with E-state index < -0.39 is 11.9 Å².